The number of anilines is 2. The first-order valence-electron chi connectivity index (χ1n) is 10.7. The summed E-state index contributed by atoms with van der Waals surface area (Å²) in [5, 5.41) is 4.11. The third-order valence-electron chi connectivity index (χ3n) is 5.05. The molecule has 1 N–H and O–H groups in total. The van der Waals surface area contributed by atoms with Crippen LogP contribution in [-0.2, 0) is 11.3 Å². The van der Waals surface area contributed by atoms with Gasteiger partial charge < -0.3 is 10.2 Å². The highest BCUT2D eigenvalue weighted by Crippen LogP contribution is 2.21. The molecule has 1 aromatic heterocycles. The van der Waals surface area contributed by atoms with E-state index < -0.39 is 0 Å². The van der Waals surface area contributed by atoms with Crippen LogP contribution in [0, 0.1) is 0 Å². The minimum atomic E-state index is -0.126. The minimum absolute atomic E-state index is 0.0587. The molecule has 1 amide bonds. The van der Waals surface area contributed by atoms with Gasteiger partial charge >= 0.3 is 0 Å². The van der Waals surface area contributed by atoms with Gasteiger partial charge in [0.15, 0.2) is 5.16 Å². The Balaban J connectivity index is 1.70. The van der Waals surface area contributed by atoms with Crippen LogP contribution < -0.4 is 15.8 Å². The third kappa shape index (κ3) is 5.47. The molecule has 164 valence electrons. The fraction of sp³-hybridized carbons (Fsp3) is 0.375. The summed E-state index contributed by atoms with van der Waals surface area (Å²) in [6.07, 6.45) is 0.817. The molecule has 6 nitrogen and oxygen atoms in total. The lowest BCUT2D eigenvalue weighted by molar-refractivity contribution is -0.113. The van der Waals surface area contributed by atoms with Crippen LogP contribution in [0.15, 0.2) is 58.5 Å². The number of para-hydroxylation sites is 1. The Morgan fingerprint density at radius 3 is 2.48 bits per heavy atom. The fourth-order valence-electron chi connectivity index (χ4n) is 3.59. The standard InChI is InChI=1S/C24H30N4O2S/c1-5-15-28-23(30)20-9-7-8-10-21(20)26-24(28)31-16-22(29)25-18-11-13-19(14-12-18)27(6-2)17(3)4/h7-14,17H,5-6,15-16H2,1-4H3,(H,25,29). The van der Waals surface area contributed by atoms with Crippen molar-refractivity contribution in [1.29, 1.82) is 0 Å². The number of amides is 1. The molecule has 0 bridgehead atoms. The lowest BCUT2D eigenvalue weighted by atomic mass is 10.2. The van der Waals surface area contributed by atoms with Gasteiger partial charge in [-0.3, -0.25) is 14.2 Å². The molecule has 0 aliphatic carbocycles. The molecular weight excluding hydrogens is 408 g/mol. The van der Waals surface area contributed by atoms with Crippen LogP contribution in [0.25, 0.3) is 10.9 Å². The summed E-state index contributed by atoms with van der Waals surface area (Å²) in [5.41, 5.74) is 2.49. The van der Waals surface area contributed by atoms with Crippen LogP contribution in [0.2, 0.25) is 0 Å². The molecule has 3 aromatic rings. The van der Waals surface area contributed by atoms with Crippen molar-refractivity contribution in [2.75, 3.05) is 22.5 Å². The summed E-state index contributed by atoms with van der Waals surface area (Å²) in [6.45, 7) is 9.98. The molecule has 0 aliphatic rings. The molecule has 0 aliphatic heterocycles. The zero-order valence-electron chi connectivity index (χ0n) is 18.6. The number of aromatic nitrogens is 2. The van der Waals surface area contributed by atoms with Gasteiger partial charge in [-0.1, -0.05) is 30.8 Å². The van der Waals surface area contributed by atoms with E-state index in [9.17, 15) is 9.59 Å². The van der Waals surface area contributed by atoms with E-state index in [1.807, 2.05) is 49.4 Å². The van der Waals surface area contributed by atoms with E-state index in [0.717, 1.165) is 24.3 Å². The SMILES string of the molecule is CCCn1c(SCC(=O)Nc2ccc(N(CC)C(C)C)cc2)nc2ccccc2c1=O. The number of carbonyl (C=O) groups excluding carboxylic acids is 1. The quantitative estimate of drug-likeness (QED) is 0.385. The second kappa shape index (κ2) is 10.5. The minimum Gasteiger partial charge on any atom is -0.369 e. The van der Waals surface area contributed by atoms with Crippen molar-refractivity contribution in [1.82, 2.24) is 9.55 Å². The number of hydrogen-bond donors (Lipinski definition) is 1. The number of benzene rings is 2. The number of thioether (sulfide) groups is 1. The van der Waals surface area contributed by atoms with E-state index in [-0.39, 0.29) is 17.2 Å². The first-order valence-corrected chi connectivity index (χ1v) is 11.7. The zero-order chi connectivity index (χ0) is 22.4. The molecule has 31 heavy (non-hydrogen) atoms. The maximum absolute atomic E-state index is 12.8. The number of rotatable bonds is 9. The highest BCUT2D eigenvalue weighted by molar-refractivity contribution is 7.99. The number of hydrogen-bond acceptors (Lipinski definition) is 5. The van der Waals surface area contributed by atoms with Crippen molar-refractivity contribution in [3.8, 4) is 0 Å². The van der Waals surface area contributed by atoms with Gasteiger partial charge in [0, 0.05) is 30.5 Å². The monoisotopic (exact) mass is 438 g/mol. The summed E-state index contributed by atoms with van der Waals surface area (Å²) >= 11 is 1.29. The molecule has 7 heteroatoms. The number of nitrogens with one attached hydrogen (secondary N) is 1. The molecule has 0 saturated heterocycles. The molecule has 0 spiro atoms. The zero-order valence-corrected chi connectivity index (χ0v) is 19.4. The van der Waals surface area contributed by atoms with Crippen molar-refractivity contribution >= 4 is 39.9 Å². The number of nitrogens with zero attached hydrogens (tertiary/aromatic N) is 3. The van der Waals surface area contributed by atoms with Crippen LogP contribution in [-0.4, -0.2) is 33.8 Å². The average molecular weight is 439 g/mol. The van der Waals surface area contributed by atoms with E-state index in [1.54, 1.807) is 10.6 Å². The second-order valence-corrected chi connectivity index (χ2v) is 8.57. The summed E-state index contributed by atoms with van der Waals surface area (Å²) in [5.74, 6) is 0.0583. The van der Waals surface area contributed by atoms with Gasteiger partial charge in [0.05, 0.1) is 16.7 Å². The normalized spacial score (nSPS) is 11.1. The van der Waals surface area contributed by atoms with Crippen LogP contribution in [0.4, 0.5) is 11.4 Å². The molecule has 0 fully saturated rings. The van der Waals surface area contributed by atoms with Gasteiger partial charge in [-0.2, -0.15) is 0 Å². The van der Waals surface area contributed by atoms with Crippen LogP contribution in [0.1, 0.15) is 34.1 Å². The lowest BCUT2D eigenvalue weighted by Gasteiger charge is -2.27. The number of fused-ring (bicyclic) bond motifs is 1. The van der Waals surface area contributed by atoms with Crippen LogP contribution in [0.5, 0.6) is 0 Å². The van der Waals surface area contributed by atoms with Gasteiger partial charge in [0.1, 0.15) is 0 Å². The topological polar surface area (TPSA) is 67.2 Å². The molecule has 2 aromatic carbocycles. The van der Waals surface area contributed by atoms with E-state index in [4.69, 9.17) is 0 Å². The smallest absolute Gasteiger partial charge is 0.262 e. The van der Waals surface area contributed by atoms with E-state index >= 15 is 0 Å². The second-order valence-electron chi connectivity index (χ2n) is 7.63. The summed E-state index contributed by atoms with van der Waals surface area (Å²) < 4.78 is 1.67. The molecule has 0 radical (unpaired) electrons. The summed E-state index contributed by atoms with van der Waals surface area (Å²) in [6, 6.07) is 15.6. The Morgan fingerprint density at radius 1 is 1.13 bits per heavy atom. The lowest BCUT2D eigenvalue weighted by Crippen LogP contribution is -2.30. The molecular formula is C24H30N4O2S. The number of carbonyl (C=O) groups is 1. The summed E-state index contributed by atoms with van der Waals surface area (Å²) in [7, 11) is 0. The third-order valence-corrected chi connectivity index (χ3v) is 6.03. The van der Waals surface area contributed by atoms with Crippen LogP contribution >= 0.6 is 11.8 Å². The Bertz CT molecular complexity index is 1090. The Labute approximate surface area is 187 Å². The molecule has 1 heterocycles. The Kier molecular flexibility index (Phi) is 7.74. The van der Waals surface area contributed by atoms with Gasteiger partial charge in [0.2, 0.25) is 5.91 Å². The van der Waals surface area contributed by atoms with Crippen molar-refractivity contribution in [2.45, 2.75) is 51.9 Å². The van der Waals surface area contributed by atoms with Crippen LogP contribution in [0.3, 0.4) is 0 Å². The average Bonchev–Trinajstić information content (AvgIpc) is 2.76. The maximum Gasteiger partial charge on any atom is 0.262 e. The van der Waals surface area contributed by atoms with Crippen molar-refractivity contribution in [3.05, 3.63) is 58.9 Å². The van der Waals surface area contributed by atoms with Crippen molar-refractivity contribution in [3.63, 3.8) is 0 Å². The molecule has 0 atom stereocenters. The Morgan fingerprint density at radius 2 is 1.84 bits per heavy atom. The van der Waals surface area contributed by atoms with E-state index in [0.29, 0.717) is 28.6 Å². The highest BCUT2D eigenvalue weighted by atomic mass is 32.2. The first kappa shape index (κ1) is 22.9. The fourth-order valence-corrected chi connectivity index (χ4v) is 4.41. The maximum atomic E-state index is 12.8. The van der Waals surface area contributed by atoms with Gasteiger partial charge in [-0.25, -0.2) is 4.98 Å². The summed E-state index contributed by atoms with van der Waals surface area (Å²) in [4.78, 5) is 32.3. The van der Waals surface area contributed by atoms with Gasteiger partial charge in [-0.05, 0) is 63.6 Å². The van der Waals surface area contributed by atoms with E-state index in [1.165, 1.54) is 11.8 Å². The van der Waals surface area contributed by atoms with Gasteiger partial charge in [-0.15, -0.1) is 0 Å². The first-order chi connectivity index (χ1) is 14.9. The molecule has 0 saturated carbocycles. The Hall–Kier alpha value is -2.80. The predicted molar refractivity (Wildman–Crippen MR) is 130 cm³/mol. The molecule has 3 rings (SSSR count). The molecule has 0 unspecified atom stereocenters. The van der Waals surface area contributed by atoms with Gasteiger partial charge in [0.25, 0.3) is 5.56 Å². The largest absolute Gasteiger partial charge is 0.369 e. The highest BCUT2D eigenvalue weighted by Gasteiger charge is 2.13. The van der Waals surface area contributed by atoms with E-state index in [2.05, 4.69) is 36.0 Å². The van der Waals surface area contributed by atoms with Crippen molar-refractivity contribution in [2.24, 2.45) is 0 Å². The van der Waals surface area contributed by atoms with Crippen molar-refractivity contribution < 1.29 is 4.79 Å². The predicted octanol–water partition coefficient (Wildman–Crippen LogP) is 4.77.